The second kappa shape index (κ2) is 8.50. The second-order valence-electron chi connectivity index (χ2n) is 4.16. The van der Waals surface area contributed by atoms with Gasteiger partial charge in [-0.2, -0.15) is 0 Å². The van der Waals surface area contributed by atoms with Gasteiger partial charge in [0, 0.05) is 20.3 Å². The first-order valence-electron chi connectivity index (χ1n) is 6.19. The Morgan fingerprint density at radius 2 is 2.05 bits per heavy atom. The number of nitrogens with one attached hydrogen (secondary N) is 1. The number of sulfonamides is 1. The van der Waals surface area contributed by atoms with Crippen molar-refractivity contribution in [2.45, 2.75) is 11.3 Å². The van der Waals surface area contributed by atoms with Crippen LogP contribution in [0.5, 0.6) is 0 Å². The highest BCUT2D eigenvalue weighted by Gasteiger charge is 2.19. The highest BCUT2D eigenvalue weighted by molar-refractivity contribution is 7.89. The van der Waals surface area contributed by atoms with E-state index in [0.29, 0.717) is 26.2 Å². The summed E-state index contributed by atoms with van der Waals surface area (Å²) in [5, 5.41) is -0.217. The van der Waals surface area contributed by atoms with Crippen LogP contribution in [-0.2, 0) is 19.5 Å². The van der Waals surface area contributed by atoms with Crippen LogP contribution in [0.25, 0.3) is 0 Å². The predicted molar refractivity (Wildman–Crippen MR) is 78.3 cm³/mol. The number of nitrogen functional groups attached to an aromatic ring is 1. The average Bonchev–Trinajstić information content (AvgIpc) is 2.41. The fraction of sp³-hybridized carbons (Fsp3) is 0.500. The lowest BCUT2D eigenvalue weighted by Crippen LogP contribution is -2.26. The molecule has 0 aliphatic carbocycles. The Kier molecular flexibility index (Phi) is 7.33. The highest BCUT2D eigenvalue weighted by atomic mass is 35.5. The summed E-state index contributed by atoms with van der Waals surface area (Å²) in [4.78, 5) is -0.247. The summed E-state index contributed by atoms with van der Waals surface area (Å²) in [6.07, 6.45) is 0.483. The fourth-order valence-electron chi connectivity index (χ4n) is 1.45. The topological polar surface area (TPSA) is 90.6 Å². The van der Waals surface area contributed by atoms with Crippen molar-refractivity contribution in [2.75, 3.05) is 39.2 Å². The van der Waals surface area contributed by atoms with Crippen LogP contribution in [-0.4, -0.2) is 41.9 Å². The van der Waals surface area contributed by atoms with Gasteiger partial charge in [0.2, 0.25) is 10.0 Å². The monoisotopic (exact) mass is 340 g/mol. The van der Waals surface area contributed by atoms with Crippen molar-refractivity contribution < 1.29 is 22.3 Å². The van der Waals surface area contributed by atoms with Crippen molar-refractivity contribution in [1.29, 1.82) is 0 Å². The van der Waals surface area contributed by atoms with E-state index in [-0.39, 0.29) is 22.2 Å². The molecule has 1 aromatic carbocycles. The Bertz CT molecular complexity index is 569. The van der Waals surface area contributed by atoms with Gasteiger partial charge in [-0.15, -0.1) is 0 Å². The molecule has 0 spiro atoms. The van der Waals surface area contributed by atoms with Crippen molar-refractivity contribution in [2.24, 2.45) is 0 Å². The predicted octanol–water partition coefficient (Wildman–Crippen LogP) is 1.39. The Morgan fingerprint density at radius 1 is 1.33 bits per heavy atom. The average molecular weight is 341 g/mol. The summed E-state index contributed by atoms with van der Waals surface area (Å²) in [5.41, 5.74) is 5.08. The lowest BCUT2D eigenvalue weighted by atomic mass is 10.3. The van der Waals surface area contributed by atoms with Crippen molar-refractivity contribution in [3.05, 3.63) is 23.0 Å². The molecule has 0 bridgehead atoms. The maximum absolute atomic E-state index is 13.2. The van der Waals surface area contributed by atoms with E-state index in [1.54, 1.807) is 7.11 Å². The summed E-state index contributed by atoms with van der Waals surface area (Å²) in [5.74, 6) is -0.759. The third-order valence-electron chi connectivity index (χ3n) is 2.53. The van der Waals surface area contributed by atoms with Crippen molar-refractivity contribution >= 4 is 27.3 Å². The lowest BCUT2D eigenvalue weighted by molar-refractivity contribution is 0.0699. The number of ether oxygens (including phenoxy) is 2. The molecule has 120 valence electrons. The molecule has 0 aliphatic heterocycles. The number of benzene rings is 1. The van der Waals surface area contributed by atoms with Crippen molar-refractivity contribution in [3.8, 4) is 0 Å². The molecule has 1 rings (SSSR count). The fourth-order valence-corrected chi connectivity index (χ4v) is 3.08. The SMILES string of the molecule is COCCOCCCNS(=O)(=O)c1cc(N)c(F)cc1Cl. The van der Waals surface area contributed by atoms with E-state index in [4.69, 9.17) is 26.8 Å². The van der Waals surface area contributed by atoms with E-state index in [0.717, 1.165) is 12.1 Å². The first-order valence-corrected chi connectivity index (χ1v) is 8.05. The molecule has 0 heterocycles. The Balaban J connectivity index is 2.53. The Hall–Kier alpha value is -0.930. The number of anilines is 1. The van der Waals surface area contributed by atoms with Gasteiger partial charge in [-0.1, -0.05) is 11.6 Å². The number of halogens is 2. The smallest absolute Gasteiger partial charge is 0.242 e. The van der Waals surface area contributed by atoms with E-state index in [1.807, 2.05) is 0 Å². The molecule has 9 heteroatoms. The van der Waals surface area contributed by atoms with Gasteiger partial charge in [-0.05, 0) is 18.6 Å². The van der Waals surface area contributed by atoms with Gasteiger partial charge in [0.05, 0.1) is 23.9 Å². The van der Waals surface area contributed by atoms with E-state index in [2.05, 4.69) is 4.72 Å². The number of hydrogen-bond donors (Lipinski definition) is 2. The second-order valence-corrected chi connectivity index (χ2v) is 6.30. The quantitative estimate of drug-likeness (QED) is 0.523. The largest absolute Gasteiger partial charge is 0.396 e. The van der Waals surface area contributed by atoms with Gasteiger partial charge < -0.3 is 15.2 Å². The molecule has 0 saturated carbocycles. The van der Waals surface area contributed by atoms with E-state index in [1.165, 1.54) is 0 Å². The molecule has 1 aromatic rings. The van der Waals surface area contributed by atoms with Crippen LogP contribution in [0.2, 0.25) is 5.02 Å². The molecule has 0 aromatic heterocycles. The van der Waals surface area contributed by atoms with Crippen LogP contribution >= 0.6 is 11.6 Å². The summed E-state index contributed by atoms with van der Waals surface area (Å²) in [7, 11) is -2.27. The maximum atomic E-state index is 13.2. The normalized spacial score (nSPS) is 11.8. The van der Waals surface area contributed by atoms with Crippen LogP contribution in [0.3, 0.4) is 0 Å². The minimum atomic E-state index is -3.84. The minimum Gasteiger partial charge on any atom is -0.396 e. The summed E-state index contributed by atoms with van der Waals surface area (Å²) >= 11 is 5.73. The molecular weight excluding hydrogens is 323 g/mol. The van der Waals surface area contributed by atoms with Crippen LogP contribution < -0.4 is 10.5 Å². The van der Waals surface area contributed by atoms with E-state index in [9.17, 15) is 12.8 Å². The molecule has 6 nitrogen and oxygen atoms in total. The summed E-state index contributed by atoms with van der Waals surface area (Å²) in [6.45, 7) is 1.49. The zero-order chi connectivity index (χ0) is 15.9. The highest BCUT2D eigenvalue weighted by Crippen LogP contribution is 2.26. The number of hydrogen-bond acceptors (Lipinski definition) is 5. The van der Waals surface area contributed by atoms with Gasteiger partial charge >= 0.3 is 0 Å². The number of nitrogens with two attached hydrogens (primary N) is 1. The van der Waals surface area contributed by atoms with Gasteiger partial charge in [-0.25, -0.2) is 17.5 Å². The molecule has 3 N–H and O–H groups in total. The number of rotatable bonds is 9. The van der Waals surface area contributed by atoms with Crippen molar-refractivity contribution in [3.63, 3.8) is 0 Å². The lowest BCUT2D eigenvalue weighted by Gasteiger charge is -2.10. The van der Waals surface area contributed by atoms with Crippen molar-refractivity contribution in [1.82, 2.24) is 4.72 Å². The summed E-state index contributed by atoms with van der Waals surface area (Å²) < 4.78 is 49.5. The standard InChI is InChI=1S/C12H18ClFN2O4S/c1-19-5-6-20-4-2-3-16-21(17,18)12-8-11(15)10(14)7-9(12)13/h7-8,16H,2-6,15H2,1H3. The van der Waals surface area contributed by atoms with Crippen LogP contribution in [0.4, 0.5) is 10.1 Å². The molecule has 0 radical (unpaired) electrons. The first kappa shape index (κ1) is 18.1. The third kappa shape index (κ3) is 5.76. The molecular formula is C12H18ClFN2O4S. The van der Waals surface area contributed by atoms with Gasteiger partial charge in [0.15, 0.2) is 0 Å². The molecule has 0 aliphatic rings. The van der Waals surface area contributed by atoms with Crippen LogP contribution in [0.15, 0.2) is 17.0 Å². The third-order valence-corrected chi connectivity index (χ3v) is 4.46. The van der Waals surface area contributed by atoms with Crippen LogP contribution in [0.1, 0.15) is 6.42 Å². The zero-order valence-corrected chi connectivity index (χ0v) is 13.1. The van der Waals surface area contributed by atoms with E-state index < -0.39 is 15.8 Å². The molecule has 0 atom stereocenters. The summed E-state index contributed by atoms with van der Waals surface area (Å²) in [6, 6.07) is 1.87. The molecule has 0 unspecified atom stereocenters. The van der Waals surface area contributed by atoms with Gasteiger partial charge in [0.1, 0.15) is 10.7 Å². The molecule has 0 amide bonds. The Labute approximate surface area is 128 Å². The minimum absolute atomic E-state index is 0.170. The number of methoxy groups -OCH3 is 1. The van der Waals surface area contributed by atoms with Crippen LogP contribution in [0, 0.1) is 5.82 Å². The van der Waals surface area contributed by atoms with E-state index >= 15 is 0 Å². The molecule has 21 heavy (non-hydrogen) atoms. The first-order chi connectivity index (χ1) is 9.88. The zero-order valence-electron chi connectivity index (χ0n) is 11.6. The van der Waals surface area contributed by atoms with Gasteiger partial charge in [0.25, 0.3) is 0 Å². The molecule has 0 saturated heterocycles. The Morgan fingerprint density at radius 3 is 2.71 bits per heavy atom. The van der Waals surface area contributed by atoms with Gasteiger partial charge in [-0.3, -0.25) is 0 Å². The maximum Gasteiger partial charge on any atom is 0.242 e. The molecule has 0 fully saturated rings.